The summed E-state index contributed by atoms with van der Waals surface area (Å²) in [6.45, 7) is 10.1. The number of aromatic nitrogens is 2. The second-order valence-electron chi connectivity index (χ2n) is 20.3. The molecule has 16 nitrogen and oxygen atoms in total. The van der Waals surface area contributed by atoms with Gasteiger partial charge in [0.2, 0.25) is 5.75 Å². The van der Waals surface area contributed by atoms with Crippen molar-refractivity contribution >= 4 is 38.3 Å². The van der Waals surface area contributed by atoms with Crippen molar-refractivity contribution in [2.75, 3.05) is 44.4 Å². The van der Waals surface area contributed by atoms with Gasteiger partial charge in [-0.1, -0.05) is 38.1 Å². The van der Waals surface area contributed by atoms with Crippen LogP contribution < -0.4 is 23.8 Å². The Balaban J connectivity index is 0.855. The fourth-order valence-corrected chi connectivity index (χ4v) is 12.3. The largest absolute Gasteiger partial charge is 0.486 e. The highest BCUT2D eigenvalue weighted by Gasteiger charge is 2.50. The second kappa shape index (κ2) is 18.5. The number of H-pyrrole nitrogens is 1. The number of hydrogen-bond donors (Lipinski definition) is 3. The summed E-state index contributed by atoms with van der Waals surface area (Å²) in [6, 6.07) is 17.7. The molecule has 5 aliphatic rings. The van der Waals surface area contributed by atoms with Gasteiger partial charge in [-0.3, -0.25) is 19.8 Å². The molecular formula is C51H59FN6O10S. The highest BCUT2D eigenvalue weighted by molar-refractivity contribution is 7.90. The minimum absolute atomic E-state index is 0.00195. The molecule has 4 fully saturated rings. The highest BCUT2D eigenvalue weighted by atomic mass is 32.2. The van der Waals surface area contributed by atoms with E-state index >= 15 is 0 Å². The number of nitrogens with one attached hydrogen (secondary N) is 2. The lowest BCUT2D eigenvalue weighted by atomic mass is 9.59. The minimum atomic E-state index is -4.75. The van der Waals surface area contributed by atoms with Crippen LogP contribution in [0.4, 0.5) is 15.8 Å². The number of hydrogen-bond acceptors (Lipinski definition) is 13. The van der Waals surface area contributed by atoms with Gasteiger partial charge < -0.3 is 33.9 Å². The molecule has 18 heteroatoms. The Morgan fingerprint density at radius 2 is 1.83 bits per heavy atom. The lowest BCUT2D eigenvalue weighted by molar-refractivity contribution is -0.386. The number of nitrogens with zero attached hydrogens (tertiary/aromatic N) is 4. The third kappa shape index (κ3) is 9.60. The van der Waals surface area contributed by atoms with Gasteiger partial charge in [0.15, 0.2) is 5.75 Å². The summed E-state index contributed by atoms with van der Waals surface area (Å²) in [5.41, 5.74) is 2.50. The van der Waals surface area contributed by atoms with Crippen molar-refractivity contribution in [1.29, 1.82) is 0 Å². The van der Waals surface area contributed by atoms with Crippen LogP contribution in [0.5, 0.6) is 23.0 Å². The van der Waals surface area contributed by atoms with E-state index in [1.165, 1.54) is 35.7 Å². The number of benzene rings is 3. The van der Waals surface area contributed by atoms with Crippen molar-refractivity contribution in [3.8, 4) is 23.0 Å². The van der Waals surface area contributed by atoms with Crippen molar-refractivity contribution in [2.45, 2.75) is 113 Å². The van der Waals surface area contributed by atoms with E-state index in [0.717, 1.165) is 82.6 Å². The number of anilines is 1. The summed E-state index contributed by atoms with van der Waals surface area (Å²) in [6.07, 6.45) is 9.57. The molecule has 0 bridgehead atoms. The molecule has 2 aliphatic carbocycles. The maximum absolute atomic E-state index is 14.7. The van der Waals surface area contributed by atoms with Crippen molar-refractivity contribution in [3.63, 3.8) is 0 Å². The van der Waals surface area contributed by atoms with E-state index < -0.39 is 49.0 Å². The van der Waals surface area contributed by atoms with Gasteiger partial charge in [0.25, 0.3) is 15.9 Å². The van der Waals surface area contributed by atoms with Crippen molar-refractivity contribution < 1.29 is 46.6 Å². The van der Waals surface area contributed by atoms with Crippen molar-refractivity contribution in [3.05, 3.63) is 106 Å². The van der Waals surface area contributed by atoms with Crippen LogP contribution >= 0.6 is 0 Å². The zero-order valence-electron chi connectivity index (χ0n) is 39.1. The summed E-state index contributed by atoms with van der Waals surface area (Å²) in [5, 5.41) is 22.9. The van der Waals surface area contributed by atoms with Crippen LogP contribution in [0.3, 0.4) is 0 Å². The monoisotopic (exact) mass is 966 g/mol. The first-order chi connectivity index (χ1) is 33.0. The summed E-state index contributed by atoms with van der Waals surface area (Å²) in [7, 11) is -4.75. The maximum atomic E-state index is 14.7. The second-order valence-corrected chi connectivity index (χ2v) is 22.0. The zero-order valence-corrected chi connectivity index (χ0v) is 39.9. The van der Waals surface area contributed by atoms with E-state index in [4.69, 9.17) is 18.9 Å². The fraction of sp³-hybridized carbons (Fsp3) is 0.490. The molecule has 366 valence electrons. The molecule has 1 spiro atoms. The number of nitro groups is 1. The molecule has 0 unspecified atom stereocenters. The predicted molar refractivity (Wildman–Crippen MR) is 255 cm³/mol. The lowest BCUT2D eigenvalue weighted by Gasteiger charge is -2.57. The number of sulfonamides is 1. The molecule has 69 heavy (non-hydrogen) atoms. The third-order valence-corrected chi connectivity index (χ3v) is 16.6. The maximum Gasteiger partial charge on any atom is 0.316 e. The number of morpholine rings is 1. The van der Waals surface area contributed by atoms with E-state index in [2.05, 4.69) is 62.6 Å². The van der Waals surface area contributed by atoms with Crippen LogP contribution in [0.1, 0.15) is 112 Å². The third-order valence-electron chi connectivity index (χ3n) is 15.3. The number of aromatic amines is 1. The molecule has 1 amide bonds. The average molecular weight is 967 g/mol. The topological polar surface area (TPSA) is 199 Å². The molecule has 10 rings (SSSR count). The first kappa shape index (κ1) is 46.9. The summed E-state index contributed by atoms with van der Waals surface area (Å²) in [4.78, 5) is 37.1. The Labute approximate surface area is 400 Å². The van der Waals surface area contributed by atoms with Gasteiger partial charge in [-0.25, -0.2) is 22.5 Å². The lowest BCUT2D eigenvalue weighted by Crippen LogP contribution is -2.58. The molecular weight excluding hydrogens is 908 g/mol. The van der Waals surface area contributed by atoms with E-state index in [-0.39, 0.29) is 57.9 Å². The van der Waals surface area contributed by atoms with E-state index in [0.29, 0.717) is 43.5 Å². The fourth-order valence-electron chi connectivity index (χ4n) is 11.3. The van der Waals surface area contributed by atoms with Gasteiger partial charge >= 0.3 is 5.69 Å². The first-order valence-corrected chi connectivity index (χ1v) is 25.6. The van der Waals surface area contributed by atoms with Crippen LogP contribution in [0.15, 0.2) is 78.0 Å². The normalized spacial score (nSPS) is 24.0. The van der Waals surface area contributed by atoms with Crippen molar-refractivity contribution in [1.82, 2.24) is 19.6 Å². The molecule has 3 aliphatic heterocycles. The van der Waals surface area contributed by atoms with Crippen LogP contribution in [0.25, 0.3) is 11.0 Å². The van der Waals surface area contributed by atoms with Crippen LogP contribution in [0, 0.1) is 27.3 Å². The number of carbonyl (C=O) groups excluding carboxylic acids is 1. The molecule has 3 N–H and O–H groups in total. The molecule has 2 saturated carbocycles. The molecule has 0 radical (unpaired) electrons. The average Bonchev–Trinajstić information content (AvgIpc) is 3.70. The van der Waals surface area contributed by atoms with E-state index in [1.54, 1.807) is 12.1 Å². The number of amides is 1. The van der Waals surface area contributed by atoms with Crippen LogP contribution in [-0.2, 0) is 14.8 Å². The smallest absolute Gasteiger partial charge is 0.316 e. The number of ether oxygens (including phenoxy) is 4. The van der Waals surface area contributed by atoms with Gasteiger partial charge in [0, 0.05) is 55.8 Å². The highest BCUT2D eigenvalue weighted by Crippen LogP contribution is 2.53. The Morgan fingerprint density at radius 3 is 2.58 bits per heavy atom. The van der Waals surface area contributed by atoms with Crippen molar-refractivity contribution in [2.24, 2.45) is 11.3 Å². The summed E-state index contributed by atoms with van der Waals surface area (Å²) in [5.74, 6) is -1.17. The molecule has 5 heterocycles. The standard InChI is InChI=1S/C51H59FN6O10S/c1-31(2)38-6-4-5-7-39(38)44-30-65-19-18-57(44)34-25-51(26-34)14-16-56(17-15-51)33-8-9-40(45(21-33)67-35-22-41-42(52)28-54-48(41)53-27-35)49(59)55-69(63,64)37-23-43(58(61)62)47-46(24-37)66-29-36(68-47)20-32-10-12-50(3,60)13-11-32/h4-9,21-24,27-28,31-32,34,36,44,60H,10-20,25-26,29-30H2,1-3H3,(H,53,54)(H,55,59)/t32?,36-,44+,50?/m1/s1. The molecule has 2 aromatic heterocycles. The SMILES string of the molecule is CC(C)c1ccccc1[C@@H]1COCCN1C1CC2(CCN(c3ccc(C(=O)NS(=O)(=O)c4cc5c(c([N+](=O)[O-])c4)O[C@H](CC4CCC(C)(O)CC4)CO5)c(Oc4cnc5[nH]cc(F)c5c4)c3)CC2)C1. The molecule has 2 saturated heterocycles. The summed E-state index contributed by atoms with van der Waals surface area (Å²) >= 11 is 0. The Morgan fingerprint density at radius 1 is 1.06 bits per heavy atom. The van der Waals surface area contributed by atoms with Gasteiger partial charge in [-0.2, -0.15) is 0 Å². The zero-order chi connectivity index (χ0) is 48.2. The first-order valence-electron chi connectivity index (χ1n) is 24.1. The number of pyridine rings is 1. The number of rotatable bonds is 12. The Kier molecular flexibility index (Phi) is 12.6. The Bertz CT molecular complexity index is 2860. The number of halogens is 1. The number of carbonyl (C=O) groups is 1. The number of aliphatic hydroxyl groups is 1. The predicted octanol–water partition coefficient (Wildman–Crippen LogP) is 8.94. The number of fused-ring (bicyclic) bond motifs is 2. The molecule has 5 aromatic rings. The molecule has 3 aromatic carbocycles. The molecule has 2 atom stereocenters. The van der Waals surface area contributed by atoms with Gasteiger partial charge in [-0.05, 0) is 111 Å². The quantitative estimate of drug-likeness (QED) is 0.0792. The van der Waals surface area contributed by atoms with Gasteiger partial charge in [0.05, 0.1) is 51.8 Å². The van der Waals surface area contributed by atoms with E-state index in [9.17, 15) is 32.8 Å². The van der Waals surface area contributed by atoms with Gasteiger partial charge in [-0.15, -0.1) is 0 Å². The minimum Gasteiger partial charge on any atom is -0.486 e. The van der Waals surface area contributed by atoms with Crippen LogP contribution in [0.2, 0.25) is 0 Å². The van der Waals surface area contributed by atoms with E-state index in [1.807, 2.05) is 6.92 Å². The van der Waals surface area contributed by atoms with Crippen LogP contribution in [-0.4, -0.2) is 96.4 Å². The number of nitro benzene ring substituents is 1. The Hall–Kier alpha value is -5.82. The number of piperidine rings is 1. The summed E-state index contributed by atoms with van der Waals surface area (Å²) < 4.78 is 68.9. The van der Waals surface area contributed by atoms with Gasteiger partial charge in [0.1, 0.15) is 35.7 Å².